The van der Waals surface area contributed by atoms with Crippen molar-refractivity contribution >= 4 is 0 Å². The van der Waals surface area contributed by atoms with Gasteiger partial charge in [0.05, 0.1) is 6.10 Å². The normalized spacial score (nSPS) is 28.9. The minimum atomic E-state index is -0.201. The highest BCUT2D eigenvalue weighted by Crippen LogP contribution is 2.55. The Labute approximate surface area is 205 Å². The second-order valence-electron chi connectivity index (χ2n) is 10.0. The predicted octanol–water partition coefficient (Wildman–Crippen LogP) is 6.28. The van der Waals surface area contributed by atoms with Crippen molar-refractivity contribution in [2.75, 3.05) is 20.2 Å². The number of hydrogen-bond donors (Lipinski definition) is 2. The SMILES string of the molecule is C=C/C=C\C.CCc1ccc(O)c(O)c1C12CCN(CC3CC3)C(C)C1C=C(C)C(OC)C2.F. The Bertz CT molecular complexity index is 892. The standard InChI is InChI=1S/C24H35NO3.C5H8.FH/c1-5-18-8-9-20(26)23(27)22(18)24-10-11-25(14-17-6-7-17)16(3)19(24)12-15(2)21(13-24)28-4;1-3-5-4-2;/h8-9,12,16-17,19,21,26-27H,5-7,10-11,13-14H2,1-4H3;3-5H,1H2,2H3;1H/b;5-4-;. The Morgan fingerprint density at radius 2 is 1.97 bits per heavy atom. The molecule has 1 aliphatic heterocycles. The molecule has 4 nitrogen and oxygen atoms in total. The van der Waals surface area contributed by atoms with E-state index in [0.29, 0.717) is 12.0 Å². The van der Waals surface area contributed by atoms with Crippen molar-refractivity contribution in [2.45, 2.75) is 77.4 Å². The fourth-order valence-corrected chi connectivity index (χ4v) is 5.98. The Kier molecular flexibility index (Phi) is 9.96. The monoisotopic (exact) mass is 473 g/mol. The summed E-state index contributed by atoms with van der Waals surface area (Å²) >= 11 is 0. The number of hydrogen-bond acceptors (Lipinski definition) is 4. The van der Waals surface area contributed by atoms with E-state index in [2.05, 4.69) is 38.3 Å². The number of aryl methyl sites for hydroxylation is 1. The summed E-state index contributed by atoms with van der Waals surface area (Å²) in [7, 11) is 1.78. The molecule has 2 N–H and O–H groups in total. The first-order chi connectivity index (χ1) is 15.8. The molecule has 1 saturated carbocycles. The lowest BCUT2D eigenvalue weighted by Crippen LogP contribution is -2.57. The second kappa shape index (κ2) is 12.0. The van der Waals surface area contributed by atoms with Crippen LogP contribution in [0, 0.1) is 11.8 Å². The molecule has 190 valence electrons. The average molecular weight is 474 g/mol. The first-order valence-corrected chi connectivity index (χ1v) is 12.6. The van der Waals surface area contributed by atoms with Crippen molar-refractivity contribution in [3.63, 3.8) is 0 Å². The van der Waals surface area contributed by atoms with Crippen molar-refractivity contribution in [3.8, 4) is 11.5 Å². The van der Waals surface area contributed by atoms with Gasteiger partial charge in [-0.15, -0.1) is 0 Å². The zero-order chi connectivity index (χ0) is 24.2. The van der Waals surface area contributed by atoms with Crippen LogP contribution < -0.4 is 0 Å². The van der Waals surface area contributed by atoms with Crippen molar-refractivity contribution in [2.24, 2.45) is 11.8 Å². The number of ether oxygens (including phenoxy) is 1. The van der Waals surface area contributed by atoms with Gasteiger partial charge in [-0.2, -0.15) is 0 Å². The van der Waals surface area contributed by atoms with E-state index >= 15 is 0 Å². The third kappa shape index (κ3) is 5.58. The van der Waals surface area contributed by atoms with E-state index in [1.165, 1.54) is 25.0 Å². The van der Waals surface area contributed by atoms with E-state index in [0.717, 1.165) is 42.9 Å². The third-order valence-corrected chi connectivity index (χ3v) is 8.00. The first-order valence-electron chi connectivity index (χ1n) is 12.6. The number of likely N-dealkylation sites (tertiary alicyclic amines) is 1. The molecule has 4 unspecified atom stereocenters. The summed E-state index contributed by atoms with van der Waals surface area (Å²) in [5, 5.41) is 21.4. The van der Waals surface area contributed by atoms with Gasteiger partial charge < -0.3 is 14.9 Å². The van der Waals surface area contributed by atoms with Crippen LogP contribution in [0.3, 0.4) is 0 Å². The van der Waals surface area contributed by atoms with Crippen LogP contribution in [0.2, 0.25) is 0 Å². The molecule has 3 aliphatic rings. The lowest BCUT2D eigenvalue weighted by Gasteiger charge is -2.55. The highest BCUT2D eigenvalue weighted by molar-refractivity contribution is 5.55. The summed E-state index contributed by atoms with van der Waals surface area (Å²) in [6.45, 7) is 14.3. The van der Waals surface area contributed by atoms with Crippen LogP contribution in [0.4, 0.5) is 4.70 Å². The number of methoxy groups -OCH3 is 1. The van der Waals surface area contributed by atoms with Crippen LogP contribution in [-0.4, -0.2) is 47.5 Å². The Morgan fingerprint density at radius 1 is 1.26 bits per heavy atom. The molecule has 2 aliphatic carbocycles. The third-order valence-electron chi connectivity index (χ3n) is 8.00. The molecular formula is C29H44FNO3. The van der Waals surface area contributed by atoms with Crippen molar-refractivity contribution < 1.29 is 19.7 Å². The molecule has 4 atom stereocenters. The van der Waals surface area contributed by atoms with Crippen molar-refractivity contribution in [3.05, 3.63) is 59.7 Å². The number of benzene rings is 1. The van der Waals surface area contributed by atoms with Crippen LogP contribution in [0.1, 0.15) is 64.5 Å². The fourth-order valence-electron chi connectivity index (χ4n) is 5.98. The van der Waals surface area contributed by atoms with Gasteiger partial charge in [-0.3, -0.25) is 9.60 Å². The minimum Gasteiger partial charge on any atom is -0.504 e. The maximum atomic E-state index is 11.0. The molecule has 5 heteroatoms. The van der Waals surface area contributed by atoms with E-state index in [9.17, 15) is 10.2 Å². The molecular weight excluding hydrogens is 429 g/mol. The van der Waals surface area contributed by atoms with Gasteiger partial charge >= 0.3 is 0 Å². The van der Waals surface area contributed by atoms with Gasteiger partial charge in [0.25, 0.3) is 0 Å². The number of phenolic OH excluding ortho intramolecular Hbond substituents is 2. The Hall–Kier alpha value is -2.11. The molecule has 0 amide bonds. The average Bonchev–Trinajstić information content (AvgIpc) is 3.63. The number of fused-ring (bicyclic) bond motifs is 1. The molecule has 0 bridgehead atoms. The summed E-state index contributed by atoms with van der Waals surface area (Å²) < 4.78 is 5.85. The number of allylic oxidation sites excluding steroid dienone is 3. The highest BCUT2D eigenvalue weighted by Gasteiger charge is 2.53. The van der Waals surface area contributed by atoms with Gasteiger partial charge in [0, 0.05) is 36.6 Å². The maximum Gasteiger partial charge on any atom is 0.161 e. The Balaban J connectivity index is 0.000000619. The summed E-state index contributed by atoms with van der Waals surface area (Å²) in [6.07, 6.45) is 13.5. The van der Waals surface area contributed by atoms with Gasteiger partial charge in [0.1, 0.15) is 0 Å². The van der Waals surface area contributed by atoms with Gasteiger partial charge in [-0.25, -0.2) is 0 Å². The lowest BCUT2D eigenvalue weighted by atomic mass is 9.56. The molecule has 0 spiro atoms. The number of nitrogens with zero attached hydrogens (tertiary/aromatic N) is 1. The topological polar surface area (TPSA) is 52.9 Å². The van der Waals surface area contributed by atoms with Crippen LogP contribution in [0.5, 0.6) is 11.5 Å². The highest BCUT2D eigenvalue weighted by atomic mass is 19.0. The van der Waals surface area contributed by atoms with Gasteiger partial charge in [0.2, 0.25) is 0 Å². The lowest BCUT2D eigenvalue weighted by molar-refractivity contribution is 0.00526. The number of piperidine rings is 1. The van der Waals surface area contributed by atoms with Crippen LogP contribution in [-0.2, 0) is 16.6 Å². The Morgan fingerprint density at radius 3 is 2.50 bits per heavy atom. The molecule has 0 aromatic heterocycles. The quantitative estimate of drug-likeness (QED) is 0.290. The second-order valence-corrected chi connectivity index (χ2v) is 10.0. The molecule has 1 saturated heterocycles. The number of halogens is 1. The van der Waals surface area contributed by atoms with E-state index in [1.54, 1.807) is 19.3 Å². The predicted molar refractivity (Wildman–Crippen MR) is 139 cm³/mol. The number of aromatic hydroxyl groups is 2. The first kappa shape index (κ1) is 28.1. The number of phenols is 2. The molecule has 1 aromatic carbocycles. The van der Waals surface area contributed by atoms with E-state index in [1.807, 2.05) is 25.1 Å². The van der Waals surface area contributed by atoms with E-state index in [4.69, 9.17) is 4.74 Å². The molecule has 1 aromatic rings. The molecule has 4 rings (SSSR count). The molecule has 2 fully saturated rings. The minimum absolute atomic E-state index is 0. The smallest absolute Gasteiger partial charge is 0.161 e. The maximum absolute atomic E-state index is 11.0. The summed E-state index contributed by atoms with van der Waals surface area (Å²) in [6, 6.07) is 4.03. The van der Waals surface area contributed by atoms with Gasteiger partial charge in [-0.05, 0) is 82.5 Å². The largest absolute Gasteiger partial charge is 0.504 e. The van der Waals surface area contributed by atoms with E-state index in [-0.39, 0.29) is 27.7 Å². The summed E-state index contributed by atoms with van der Waals surface area (Å²) in [5.74, 6) is 1.25. The summed E-state index contributed by atoms with van der Waals surface area (Å²) in [5.41, 5.74) is 3.20. The van der Waals surface area contributed by atoms with Crippen molar-refractivity contribution in [1.29, 1.82) is 0 Å². The molecule has 0 radical (unpaired) electrons. The van der Waals surface area contributed by atoms with Crippen LogP contribution in [0.25, 0.3) is 0 Å². The molecule has 34 heavy (non-hydrogen) atoms. The fraction of sp³-hybridized carbons (Fsp3) is 0.586. The molecule has 1 heterocycles. The van der Waals surface area contributed by atoms with Gasteiger partial charge in [0.15, 0.2) is 11.5 Å². The van der Waals surface area contributed by atoms with Gasteiger partial charge in [-0.1, -0.05) is 43.9 Å². The zero-order valence-corrected chi connectivity index (χ0v) is 21.6. The summed E-state index contributed by atoms with van der Waals surface area (Å²) in [4.78, 5) is 2.66. The van der Waals surface area contributed by atoms with Crippen molar-refractivity contribution in [1.82, 2.24) is 4.90 Å². The van der Waals surface area contributed by atoms with E-state index < -0.39 is 0 Å². The zero-order valence-electron chi connectivity index (χ0n) is 21.6. The number of rotatable bonds is 6. The van der Waals surface area contributed by atoms with Crippen LogP contribution >= 0.6 is 0 Å². The van der Waals surface area contributed by atoms with Crippen LogP contribution in [0.15, 0.2) is 48.6 Å².